The predicted molar refractivity (Wildman–Crippen MR) is 82.0 cm³/mol. The second-order valence-corrected chi connectivity index (χ2v) is 5.01. The number of nitro groups is 1. The summed E-state index contributed by atoms with van der Waals surface area (Å²) in [4.78, 5) is 37.4. The highest BCUT2D eigenvalue weighted by Gasteiger charge is 2.26. The molecule has 1 saturated heterocycles. The molecule has 2 amide bonds. The zero-order valence-electron chi connectivity index (χ0n) is 12.7. The molecule has 0 bridgehead atoms. The predicted octanol–water partition coefficient (Wildman–Crippen LogP) is 1.09. The zero-order valence-corrected chi connectivity index (χ0v) is 12.7. The molecule has 124 valence electrons. The van der Waals surface area contributed by atoms with Crippen molar-refractivity contribution in [2.75, 3.05) is 38.5 Å². The van der Waals surface area contributed by atoms with Gasteiger partial charge in [0, 0.05) is 37.8 Å². The van der Waals surface area contributed by atoms with Crippen LogP contribution in [0.5, 0.6) is 0 Å². The van der Waals surface area contributed by atoms with Gasteiger partial charge >= 0.3 is 6.09 Å². The minimum atomic E-state index is -0.620. The largest absolute Gasteiger partial charge is 0.450 e. The topological polar surface area (TPSA) is 119 Å². The van der Waals surface area contributed by atoms with Crippen molar-refractivity contribution in [1.29, 1.82) is 0 Å². The zero-order chi connectivity index (χ0) is 17.0. The van der Waals surface area contributed by atoms with Crippen LogP contribution >= 0.6 is 0 Å². The average molecular weight is 322 g/mol. The van der Waals surface area contributed by atoms with Crippen molar-refractivity contribution in [2.24, 2.45) is 0 Å². The molecule has 9 heteroatoms. The fourth-order valence-electron chi connectivity index (χ4n) is 2.32. The van der Waals surface area contributed by atoms with Crippen LogP contribution in [-0.2, 0) is 4.74 Å². The summed E-state index contributed by atoms with van der Waals surface area (Å²) >= 11 is 0. The highest BCUT2D eigenvalue weighted by atomic mass is 16.6. The number of nitrogens with zero attached hydrogens (tertiary/aromatic N) is 3. The summed E-state index contributed by atoms with van der Waals surface area (Å²) < 4.78 is 4.91. The lowest BCUT2D eigenvalue weighted by Gasteiger charge is -2.34. The number of ether oxygens (including phenoxy) is 1. The van der Waals surface area contributed by atoms with Gasteiger partial charge in [0.15, 0.2) is 0 Å². The summed E-state index contributed by atoms with van der Waals surface area (Å²) in [5, 5.41) is 10.9. The number of benzene rings is 1. The number of anilines is 1. The summed E-state index contributed by atoms with van der Waals surface area (Å²) in [6.07, 6.45) is -0.400. The van der Waals surface area contributed by atoms with Gasteiger partial charge in [-0.1, -0.05) is 0 Å². The molecule has 0 aliphatic carbocycles. The van der Waals surface area contributed by atoms with Crippen molar-refractivity contribution in [3.05, 3.63) is 33.9 Å². The number of nitrogens with two attached hydrogens (primary N) is 1. The van der Waals surface area contributed by atoms with Crippen molar-refractivity contribution < 1.29 is 19.2 Å². The molecule has 1 aliphatic rings. The van der Waals surface area contributed by atoms with E-state index in [0.29, 0.717) is 32.8 Å². The smallest absolute Gasteiger partial charge is 0.409 e. The van der Waals surface area contributed by atoms with Gasteiger partial charge in [0.1, 0.15) is 5.69 Å². The molecule has 1 aromatic rings. The second-order valence-electron chi connectivity index (χ2n) is 5.01. The van der Waals surface area contributed by atoms with Gasteiger partial charge in [-0.25, -0.2) is 4.79 Å². The van der Waals surface area contributed by atoms with Gasteiger partial charge in [-0.05, 0) is 19.1 Å². The van der Waals surface area contributed by atoms with E-state index in [1.165, 1.54) is 23.1 Å². The Morgan fingerprint density at radius 3 is 2.43 bits per heavy atom. The summed E-state index contributed by atoms with van der Waals surface area (Å²) in [5.74, 6) is -0.323. The third-order valence-electron chi connectivity index (χ3n) is 3.57. The molecule has 0 saturated carbocycles. The molecular formula is C14H18N4O5. The monoisotopic (exact) mass is 322 g/mol. The van der Waals surface area contributed by atoms with Crippen molar-refractivity contribution in [3.63, 3.8) is 0 Å². The summed E-state index contributed by atoms with van der Waals surface area (Å²) in [6.45, 7) is 3.44. The van der Waals surface area contributed by atoms with Gasteiger partial charge in [-0.3, -0.25) is 14.9 Å². The van der Waals surface area contributed by atoms with E-state index in [9.17, 15) is 19.7 Å². The number of hydrogen-bond donors (Lipinski definition) is 1. The Morgan fingerprint density at radius 1 is 1.26 bits per heavy atom. The fourth-order valence-corrected chi connectivity index (χ4v) is 2.32. The van der Waals surface area contributed by atoms with Crippen LogP contribution < -0.4 is 5.73 Å². The summed E-state index contributed by atoms with van der Waals surface area (Å²) in [6, 6.07) is 3.98. The number of rotatable bonds is 3. The van der Waals surface area contributed by atoms with Crippen molar-refractivity contribution in [3.8, 4) is 0 Å². The molecule has 23 heavy (non-hydrogen) atoms. The second kappa shape index (κ2) is 6.95. The number of carbonyl (C=O) groups excluding carboxylic acids is 2. The average Bonchev–Trinajstić information content (AvgIpc) is 2.54. The third kappa shape index (κ3) is 3.68. The molecule has 1 heterocycles. The Labute approximate surface area is 132 Å². The molecule has 0 unspecified atom stereocenters. The van der Waals surface area contributed by atoms with Crippen molar-refractivity contribution in [1.82, 2.24) is 9.80 Å². The van der Waals surface area contributed by atoms with E-state index in [1.807, 2.05) is 0 Å². The van der Waals surface area contributed by atoms with E-state index in [-0.39, 0.29) is 22.8 Å². The number of amides is 2. The van der Waals surface area contributed by atoms with Crippen LogP contribution in [0.3, 0.4) is 0 Å². The van der Waals surface area contributed by atoms with Crippen LogP contribution in [0.25, 0.3) is 0 Å². The van der Waals surface area contributed by atoms with Gasteiger partial charge in [0.25, 0.3) is 11.6 Å². The van der Waals surface area contributed by atoms with E-state index >= 15 is 0 Å². The Balaban J connectivity index is 2.04. The Hall–Kier alpha value is -2.84. The Morgan fingerprint density at radius 2 is 1.87 bits per heavy atom. The first-order valence-corrected chi connectivity index (χ1v) is 7.19. The van der Waals surface area contributed by atoms with Crippen LogP contribution in [-0.4, -0.2) is 59.5 Å². The minimum Gasteiger partial charge on any atom is -0.450 e. The third-order valence-corrected chi connectivity index (χ3v) is 3.57. The van der Waals surface area contributed by atoms with Gasteiger partial charge in [-0.2, -0.15) is 0 Å². The first-order valence-electron chi connectivity index (χ1n) is 7.19. The quantitative estimate of drug-likeness (QED) is 0.505. The van der Waals surface area contributed by atoms with Crippen molar-refractivity contribution >= 4 is 23.4 Å². The highest BCUT2D eigenvalue weighted by Crippen LogP contribution is 2.23. The summed E-state index contributed by atoms with van der Waals surface area (Å²) in [7, 11) is 0. The van der Waals surface area contributed by atoms with Gasteiger partial charge in [0.05, 0.1) is 11.5 Å². The lowest BCUT2D eigenvalue weighted by atomic mass is 10.1. The number of carbonyl (C=O) groups is 2. The first-order chi connectivity index (χ1) is 10.9. The molecule has 0 aromatic heterocycles. The maximum absolute atomic E-state index is 12.4. The number of piperazine rings is 1. The van der Waals surface area contributed by atoms with E-state index in [4.69, 9.17) is 10.5 Å². The lowest BCUT2D eigenvalue weighted by Crippen LogP contribution is -2.50. The summed E-state index contributed by atoms with van der Waals surface area (Å²) in [5.41, 5.74) is 5.45. The van der Waals surface area contributed by atoms with E-state index in [2.05, 4.69) is 0 Å². The molecule has 9 nitrogen and oxygen atoms in total. The number of hydrogen-bond acceptors (Lipinski definition) is 6. The number of nitrogen functional groups attached to an aromatic ring is 1. The molecule has 1 aliphatic heterocycles. The van der Waals surface area contributed by atoms with Crippen LogP contribution in [0.4, 0.5) is 16.2 Å². The lowest BCUT2D eigenvalue weighted by molar-refractivity contribution is -0.383. The van der Waals surface area contributed by atoms with Crippen LogP contribution in [0.15, 0.2) is 18.2 Å². The van der Waals surface area contributed by atoms with Gasteiger partial charge < -0.3 is 20.3 Å². The maximum atomic E-state index is 12.4. The molecule has 2 N–H and O–H groups in total. The molecule has 0 atom stereocenters. The molecular weight excluding hydrogens is 304 g/mol. The van der Waals surface area contributed by atoms with E-state index in [1.54, 1.807) is 11.8 Å². The van der Waals surface area contributed by atoms with Crippen LogP contribution in [0.1, 0.15) is 17.3 Å². The highest BCUT2D eigenvalue weighted by molar-refractivity contribution is 5.95. The Kier molecular flexibility index (Phi) is 4.99. The van der Waals surface area contributed by atoms with Gasteiger partial charge in [0.2, 0.25) is 0 Å². The number of nitro benzene ring substituents is 1. The normalized spacial score (nSPS) is 14.5. The Bertz CT molecular complexity index is 626. The molecule has 0 spiro atoms. The van der Waals surface area contributed by atoms with Crippen LogP contribution in [0, 0.1) is 10.1 Å². The SMILES string of the molecule is CCOC(=O)N1CCN(C(=O)c2ccc(N)c([N+](=O)[O-])c2)CC1. The van der Waals surface area contributed by atoms with Crippen LogP contribution in [0.2, 0.25) is 0 Å². The maximum Gasteiger partial charge on any atom is 0.409 e. The standard InChI is InChI=1S/C14H18N4O5/c1-2-23-14(20)17-7-5-16(6-8-17)13(19)10-3-4-11(15)12(9-10)18(21)22/h3-4,9H,2,5-8,15H2,1H3. The molecule has 1 aromatic carbocycles. The molecule has 1 fully saturated rings. The molecule has 2 rings (SSSR count). The van der Waals surface area contributed by atoms with E-state index < -0.39 is 11.0 Å². The van der Waals surface area contributed by atoms with E-state index in [0.717, 1.165) is 0 Å². The van der Waals surface area contributed by atoms with Crippen molar-refractivity contribution in [2.45, 2.75) is 6.92 Å². The first kappa shape index (κ1) is 16.5. The fraction of sp³-hybridized carbons (Fsp3) is 0.429. The molecule has 0 radical (unpaired) electrons. The minimum absolute atomic E-state index is 0.0127. The van der Waals surface area contributed by atoms with Gasteiger partial charge in [-0.15, -0.1) is 0 Å².